The summed E-state index contributed by atoms with van der Waals surface area (Å²) in [5, 5.41) is 5.93. The van der Waals surface area contributed by atoms with Gasteiger partial charge in [0.05, 0.1) is 0 Å². The second-order valence-corrected chi connectivity index (χ2v) is 6.86. The highest BCUT2D eigenvalue weighted by molar-refractivity contribution is 7.09. The van der Waals surface area contributed by atoms with Crippen LogP contribution in [0.25, 0.3) is 0 Å². The Hall–Kier alpha value is -2.66. The van der Waals surface area contributed by atoms with Crippen LogP contribution in [0, 0.1) is 20.8 Å². The molecule has 0 saturated carbocycles. The maximum absolute atomic E-state index is 12.5. The summed E-state index contributed by atoms with van der Waals surface area (Å²) in [5.74, 6) is 0.593. The van der Waals surface area contributed by atoms with Crippen LogP contribution in [0.5, 0.6) is 5.75 Å². The molecular weight excluding hydrogens is 332 g/mol. The van der Waals surface area contributed by atoms with Gasteiger partial charge in [-0.1, -0.05) is 18.2 Å². The van der Waals surface area contributed by atoms with Crippen LogP contribution < -0.4 is 10.1 Å². The van der Waals surface area contributed by atoms with Gasteiger partial charge < -0.3 is 10.1 Å². The Morgan fingerprint density at radius 1 is 1.08 bits per heavy atom. The molecule has 0 aliphatic carbocycles. The summed E-state index contributed by atoms with van der Waals surface area (Å²) in [6.07, 6.45) is 0. The van der Waals surface area contributed by atoms with Gasteiger partial charge in [0.1, 0.15) is 17.4 Å². The molecule has 25 heavy (non-hydrogen) atoms. The van der Waals surface area contributed by atoms with Crippen LogP contribution in [0.1, 0.15) is 32.2 Å². The Balaban J connectivity index is 1.64. The fourth-order valence-electron chi connectivity index (χ4n) is 2.51. The van der Waals surface area contributed by atoms with Crippen molar-refractivity contribution in [1.82, 2.24) is 4.98 Å². The molecule has 4 nitrogen and oxygen atoms in total. The van der Waals surface area contributed by atoms with Crippen molar-refractivity contribution in [2.45, 2.75) is 27.4 Å². The van der Waals surface area contributed by atoms with Crippen molar-refractivity contribution in [1.29, 1.82) is 0 Å². The molecule has 0 unspecified atom stereocenters. The maximum atomic E-state index is 12.5. The van der Waals surface area contributed by atoms with Crippen molar-refractivity contribution in [3.63, 3.8) is 0 Å². The number of rotatable bonds is 5. The van der Waals surface area contributed by atoms with Crippen LogP contribution in [0.4, 0.5) is 5.69 Å². The zero-order chi connectivity index (χ0) is 17.8. The Bertz CT molecular complexity index is 865. The number of nitrogens with zero attached hydrogens (tertiary/aromatic N) is 1. The highest BCUT2D eigenvalue weighted by atomic mass is 32.1. The Morgan fingerprint density at radius 3 is 2.36 bits per heavy atom. The smallest absolute Gasteiger partial charge is 0.255 e. The lowest BCUT2D eigenvalue weighted by Crippen LogP contribution is -2.13. The summed E-state index contributed by atoms with van der Waals surface area (Å²) in [5.41, 5.74) is 4.56. The Kier molecular flexibility index (Phi) is 5.14. The van der Waals surface area contributed by atoms with Gasteiger partial charge in [0.2, 0.25) is 0 Å². The van der Waals surface area contributed by atoms with E-state index in [0.717, 1.165) is 33.3 Å². The fraction of sp³-hybridized carbons (Fsp3) is 0.200. The number of carbonyl (C=O) groups excluding carboxylic acids is 1. The molecule has 0 spiro atoms. The number of hydrogen-bond donors (Lipinski definition) is 1. The number of amides is 1. The van der Waals surface area contributed by atoms with Gasteiger partial charge in [-0.15, -0.1) is 11.3 Å². The third kappa shape index (κ3) is 4.25. The second kappa shape index (κ2) is 7.49. The number of carbonyl (C=O) groups is 1. The van der Waals surface area contributed by atoms with Crippen LogP contribution in [0.15, 0.2) is 47.8 Å². The van der Waals surface area contributed by atoms with Crippen molar-refractivity contribution >= 4 is 22.9 Å². The first kappa shape index (κ1) is 17.2. The van der Waals surface area contributed by atoms with Crippen molar-refractivity contribution < 1.29 is 9.53 Å². The lowest BCUT2D eigenvalue weighted by atomic mass is 10.1. The highest BCUT2D eigenvalue weighted by Gasteiger charge is 2.10. The fourth-order valence-corrected chi connectivity index (χ4v) is 3.20. The zero-order valence-corrected chi connectivity index (χ0v) is 15.3. The first-order valence-electron chi connectivity index (χ1n) is 8.04. The monoisotopic (exact) mass is 352 g/mol. The minimum Gasteiger partial charge on any atom is -0.486 e. The molecule has 0 saturated heterocycles. The SMILES string of the molecule is Cc1csc(COc2ccc(C(=O)Nc3c(C)cccc3C)cc2)n1. The van der Waals surface area contributed by atoms with E-state index in [0.29, 0.717) is 12.2 Å². The molecule has 5 heteroatoms. The number of nitrogens with one attached hydrogen (secondary N) is 1. The molecule has 0 atom stereocenters. The van der Waals surface area contributed by atoms with Crippen LogP contribution >= 0.6 is 11.3 Å². The van der Waals surface area contributed by atoms with Crippen molar-refractivity contribution in [2.75, 3.05) is 5.32 Å². The third-order valence-corrected chi connectivity index (χ3v) is 4.81. The van der Waals surface area contributed by atoms with Gasteiger partial charge in [-0.25, -0.2) is 4.98 Å². The number of para-hydroxylation sites is 1. The molecule has 0 fully saturated rings. The molecule has 128 valence electrons. The first-order valence-corrected chi connectivity index (χ1v) is 8.92. The number of hydrogen-bond acceptors (Lipinski definition) is 4. The number of aryl methyl sites for hydroxylation is 3. The van der Waals surface area contributed by atoms with Crippen LogP contribution in [0.3, 0.4) is 0 Å². The van der Waals surface area contributed by atoms with E-state index < -0.39 is 0 Å². The normalized spacial score (nSPS) is 10.5. The zero-order valence-electron chi connectivity index (χ0n) is 14.5. The van der Waals surface area contributed by atoms with E-state index in [4.69, 9.17) is 4.74 Å². The molecule has 1 heterocycles. The second-order valence-electron chi connectivity index (χ2n) is 5.92. The van der Waals surface area contributed by atoms with Gasteiger partial charge in [0.25, 0.3) is 5.91 Å². The molecule has 1 aromatic heterocycles. The summed E-state index contributed by atoms with van der Waals surface area (Å²) in [6, 6.07) is 13.1. The quantitative estimate of drug-likeness (QED) is 0.710. The van der Waals surface area contributed by atoms with Crippen LogP contribution in [0.2, 0.25) is 0 Å². The minimum atomic E-state index is -0.125. The lowest BCUT2D eigenvalue weighted by molar-refractivity contribution is 0.102. The van der Waals surface area contributed by atoms with E-state index in [-0.39, 0.29) is 5.91 Å². The molecule has 0 aliphatic heterocycles. The highest BCUT2D eigenvalue weighted by Crippen LogP contribution is 2.21. The van der Waals surface area contributed by atoms with Crippen LogP contribution in [-0.2, 0) is 6.61 Å². The van der Waals surface area contributed by atoms with E-state index in [9.17, 15) is 4.79 Å². The van der Waals surface area contributed by atoms with Gasteiger partial charge in [-0.05, 0) is 56.2 Å². The van der Waals surface area contributed by atoms with Gasteiger partial charge >= 0.3 is 0 Å². The predicted molar refractivity (Wildman–Crippen MR) is 101 cm³/mol. The predicted octanol–water partition coefficient (Wildman–Crippen LogP) is 4.90. The molecule has 1 N–H and O–H groups in total. The largest absolute Gasteiger partial charge is 0.486 e. The van der Waals surface area contributed by atoms with Gasteiger partial charge in [-0.2, -0.15) is 0 Å². The number of ether oxygens (including phenoxy) is 1. The summed E-state index contributed by atoms with van der Waals surface area (Å²) in [7, 11) is 0. The Labute approximate surface area is 151 Å². The number of aromatic nitrogens is 1. The van der Waals surface area contributed by atoms with Gasteiger partial charge in [0, 0.05) is 22.3 Å². The number of benzene rings is 2. The van der Waals surface area contributed by atoms with E-state index in [1.165, 1.54) is 0 Å². The average molecular weight is 352 g/mol. The van der Waals surface area contributed by atoms with Crippen LogP contribution in [-0.4, -0.2) is 10.9 Å². The molecule has 0 radical (unpaired) electrons. The van der Waals surface area contributed by atoms with Gasteiger partial charge in [0.15, 0.2) is 0 Å². The maximum Gasteiger partial charge on any atom is 0.255 e. The molecule has 3 rings (SSSR count). The molecule has 1 amide bonds. The standard InChI is InChI=1S/C20H20N2O2S/c1-13-5-4-6-14(2)19(13)22-20(23)16-7-9-17(10-8-16)24-11-18-21-15(3)12-25-18/h4-10,12H,11H2,1-3H3,(H,22,23). The number of anilines is 1. The molecule has 2 aromatic carbocycles. The van der Waals surface area contributed by atoms with Gasteiger partial charge in [-0.3, -0.25) is 4.79 Å². The summed E-state index contributed by atoms with van der Waals surface area (Å²) in [6.45, 7) is 6.37. The van der Waals surface area contributed by atoms with Crippen molar-refractivity contribution in [3.05, 3.63) is 75.2 Å². The molecular formula is C20H20N2O2S. The summed E-state index contributed by atoms with van der Waals surface area (Å²) in [4.78, 5) is 16.8. The van der Waals surface area contributed by atoms with E-state index in [1.807, 2.05) is 44.4 Å². The topological polar surface area (TPSA) is 51.2 Å². The first-order chi connectivity index (χ1) is 12.0. The minimum absolute atomic E-state index is 0.125. The average Bonchev–Trinajstić information content (AvgIpc) is 3.02. The Morgan fingerprint density at radius 2 is 1.76 bits per heavy atom. The summed E-state index contributed by atoms with van der Waals surface area (Å²) >= 11 is 1.58. The number of thiazole rings is 1. The third-order valence-electron chi connectivity index (χ3n) is 3.87. The molecule has 0 bridgehead atoms. The molecule has 3 aromatic rings. The van der Waals surface area contributed by atoms with E-state index >= 15 is 0 Å². The van der Waals surface area contributed by atoms with Crippen molar-refractivity contribution in [3.8, 4) is 5.75 Å². The van der Waals surface area contributed by atoms with E-state index in [2.05, 4.69) is 10.3 Å². The van der Waals surface area contributed by atoms with E-state index in [1.54, 1.807) is 35.6 Å². The summed E-state index contributed by atoms with van der Waals surface area (Å²) < 4.78 is 5.71. The lowest BCUT2D eigenvalue weighted by Gasteiger charge is -2.12. The van der Waals surface area contributed by atoms with Crippen molar-refractivity contribution in [2.24, 2.45) is 0 Å². The molecule has 0 aliphatic rings.